The Kier molecular flexibility index (Phi) is 7.31. The smallest absolute Gasteiger partial charge is 0.410 e. The molecule has 1 aliphatic heterocycles. The van der Waals surface area contributed by atoms with Crippen LogP contribution in [0.5, 0.6) is 0 Å². The van der Waals surface area contributed by atoms with Gasteiger partial charge in [0, 0.05) is 44.8 Å². The summed E-state index contributed by atoms with van der Waals surface area (Å²) in [6.07, 6.45) is 1.87. The lowest BCUT2D eigenvalue weighted by atomic mass is 10.2. The van der Waals surface area contributed by atoms with Crippen LogP contribution >= 0.6 is 0 Å². The normalized spacial score (nSPS) is 15.5. The molecule has 156 valence electrons. The fourth-order valence-corrected chi connectivity index (χ4v) is 2.70. The minimum Gasteiger partial charge on any atom is -0.459 e. The maximum Gasteiger partial charge on any atom is 0.410 e. The lowest BCUT2D eigenvalue weighted by Gasteiger charge is -2.36. The molecule has 3 N–H and O–H groups in total. The van der Waals surface area contributed by atoms with E-state index in [2.05, 4.69) is 10.3 Å². The first-order valence-corrected chi connectivity index (χ1v) is 9.52. The van der Waals surface area contributed by atoms with Crippen molar-refractivity contribution in [2.24, 2.45) is 10.7 Å². The summed E-state index contributed by atoms with van der Waals surface area (Å²) < 4.78 is 10.5. The van der Waals surface area contributed by atoms with Crippen LogP contribution in [0, 0.1) is 6.92 Å². The summed E-state index contributed by atoms with van der Waals surface area (Å²) >= 11 is 0. The Morgan fingerprint density at radius 2 is 1.89 bits per heavy atom. The number of amides is 2. The molecule has 0 spiro atoms. The highest BCUT2D eigenvalue weighted by Crippen LogP contribution is 2.12. The number of hydrogen-bond acceptors (Lipinski definition) is 5. The average molecular weight is 393 g/mol. The van der Waals surface area contributed by atoms with Crippen molar-refractivity contribution in [1.82, 2.24) is 15.1 Å². The molecule has 1 aromatic rings. The zero-order valence-corrected chi connectivity index (χ0v) is 17.2. The highest BCUT2D eigenvalue weighted by molar-refractivity contribution is 5.92. The molecule has 9 nitrogen and oxygen atoms in total. The van der Waals surface area contributed by atoms with Crippen molar-refractivity contribution >= 4 is 18.0 Å². The van der Waals surface area contributed by atoms with Gasteiger partial charge in [-0.1, -0.05) is 0 Å². The number of hydrogen-bond donors (Lipinski definition) is 2. The van der Waals surface area contributed by atoms with Gasteiger partial charge in [0.15, 0.2) is 11.7 Å². The topological polar surface area (TPSA) is 113 Å². The largest absolute Gasteiger partial charge is 0.459 e. The number of carbonyl (C=O) groups is 2. The molecule has 2 amide bonds. The highest BCUT2D eigenvalue weighted by atomic mass is 16.6. The molecule has 0 saturated carbocycles. The van der Waals surface area contributed by atoms with Gasteiger partial charge in [-0.25, -0.2) is 4.79 Å². The Labute approximate surface area is 165 Å². The van der Waals surface area contributed by atoms with Gasteiger partial charge in [-0.05, 0) is 40.2 Å². The Morgan fingerprint density at radius 3 is 2.46 bits per heavy atom. The van der Waals surface area contributed by atoms with Gasteiger partial charge in [0.1, 0.15) is 5.60 Å². The molecule has 2 rings (SSSR count). The number of ether oxygens (including phenoxy) is 1. The van der Waals surface area contributed by atoms with Crippen molar-refractivity contribution in [1.29, 1.82) is 0 Å². The number of nitrogens with zero attached hydrogens (tertiary/aromatic N) is 3. The number of aryl methyl sites for hydroxylation is 1. The molecule has 9 heteroatoms. The van der Waals surface area contributed by atoms with E-state index in [1.807, 2.05) is 32.6 Å². The summed E-state index contributed by atoms with van der Waals surface area (Å²) in [7, 11) is 0. The SMILES string of the molecule is Cc1ccoc1C(=O)NCCCN=C(N)N1CCN(C(=O)OC(C)(C)C)CC1. The minimum atomic E-state index is -0.500. The summed E-state index contributed by atoms with van der Waals surface area (Å²) in [4.78, 5) is 32.0. The molecule has 1 fully saturated rings. The first kappa shape index (κ1) is 21.6. The minimum absolute atomic E-state index is 0.224. The number of nitrogens with one attached hydrogen (secondary N) is 1. The van der Waals surface area contributed by atoms with Crippen molar-refractivity contribution in [2.75, 3.05) is 39.3 Å². The van der Waals surface area contributed by atoms with Crippen LogP contribution in [-0.4, -0.2) is 72.6 Å². The quantitative estimate of drug-likeness (QED) is 0.446. The predicted molar refractivity (Wildman–Crippen MR) is 106 cm³/mol. The van der Waals surface area contributed by atoms with Crippen molar-refractivity contribution in [3.63, 3.8) is 0 Å². The van der Waals surface area contributed by atoms with Crippen LogP contribution in [0.4, 0.5) is 4.79 Å². The van der Waals surface area contributed by atoms with Crippen LogP contribution in [0.2, 0.25) is 0 Å². The van der Waals surface area contributed by atoms with Gasteiger partial charge in [-0.3, -0.25) is 9.79 Å². The molecule has 0 aromatic carbocycles. The number of rotatable bonds is 5. The zero-order chi connectivity index (χ0) is 20.7. The van der Waals surface area contributed by atoms with Crippen LogP contribution < -0.4 is 11.1 Å². The summed E-state index contributed by atoms with van der Waals surface area (Å²) in [5, 5.41) is 2.80. The van der Waals surface area contributed by atoms with E-state index >= 15 is 0 Å². The van der Waals surface area contributed by atoms with Crippen molar-refractivity contribution < 1.29 is 18.7 Å². The lowest BCUT2D eigenvalue weighted by Crippen LogP contribution is -2.53. The van der Waals surface area contributed by atoms with E-state index in [0.29, 0.717) is 57.4 Å². The molecule has 0 bridgehead atoms. The molecule has 2 heterocycles. The van der Waals surface area contributed by atoms with E-state index in [1.54, 1.807) is 11.0 Å². The van der Waals surface area contributed by atoms with Gasteiger partial charge in [-0.2, -0.15) is 0 Å². The monoisotopic (exact) mass is 393 g/mol. The Balaban J connectivity index is 1.67. The van der Waals surface area contributed by atoms with E-state index in [-0.39, 0.29) is 12.0 Å². The number of carbonyl (C=O) groups excluding carboxylic acids is 2. The highest BCUT2D eigenvalue weighted by Gasteiger charge is 2.26. The molecule has 0 unspecified atom stereocenters. The van der Waals surface area contributed by atoms with Crippen LogP contribution in [0.3, 0.4) is 0 Å². The van der Waals surface area contributed by atoms with E-state index in [1.165, 1.54) is 6.26 Å². The zero-order valence-electron chi connectivity index (χ0n) is 17.2. The van der Waals surface area contributed by atoms with Crippen molar-refractivity contribution in [3.8, 4) is 0 Å². The maximum atomic E-state index is 12.1. The van der Waals surface area contributed by atoms with Gasteiger partial charge in [0.05, 0.1) is 6.26 Å². The van der Waals surface area contributed by atoms with Crippen LogP contribution in [-0.2, 0) is 4.74 Å². The van der Waals surface area contributed by atoms with Gasteiger partial charge in [0.25, 0.3) is 5.91 Å². The molecule has 1 saturated heterocycles. The molecule has 1 aliphatic rings. The number of piperazine rings is 1. The molecule has 0 atom stereocenters. The van der Waals surface area contributed by atoms with Gasteiger partial charge in [0.2, 0.25) is 0 Å². The third kappa shape index (κ3) is 6.47. The van der Waals surface area contributed by atoms with Gasteiger partial charge < -0.3 is 30.0 Å². The third-order valence-corrected chi connectivity index (χ3v) is 4.22. The second-order valence-electron chi connectivity index (χ2n) is 7.74. The molecule has 0 aliphatic carbocycles. The Bertz CT molecular complexity index is 699. The van der Waals surface area contributed by atoms with Crippen molar-refractivity contribution in [3.05, 3.63) is 23.7 Å². The van der Waals surface area contributed by atoms with E-state index in [0.717, 1.165) is 5.56 Å². The third-order valence-electron chi connectivity index (χ3n) is 4.22. The van der Waals surface area contributed by atoms with Crippen molar-refractivity contribution in [2.45, 2.75) is 39.7 Å². The molecular weight excluding hydrogens is 362 g/mol. The predicted octanol–water partition coefficient (Wildman–Crippen LogP) is 1.58. The van der Waals surface area contributed by atoms with Gasteiger partial charge in [-0.15, -0.1) is 0 Å². The van der Waals surface area contributed by atoms with E-state index < -0.39 is 5.60 Å². The van der Waals surface area contributed by atoms with E-state index in [4.69, 9.17) is 14.9 Å². The molecule has 1 aromatic heterocycles. The van der Waals surface area contributed by atoms with Gasteiger partial charge >= 0.3 is 6.09 Å². The Morgan fingerprint density at radius 1 is 1.25 bits per heavy atom. The first-order valence-electron chi connectivity index (χ1n) is 9.52. The summed E-state index contributed by atoms with van der Waals surface area (Å²) in [6, 6.07) is 1.75. The fraction of sp³-hybridized carbons (Fsp3) is 0.632. The lowest BCUT2D eigenvalue weighted by molar-refractivity contribution is 0.0186. The second-order valence-corrected chi connectivity index (χ2v) is 7.74. The summed E-state index contributed by atoms with van der Waals surface area (Å²) in [5.74, 6) is 0.570. The standard InChI is InChI=1S/C19H31N5O4/c1-14-6-13-27-15(14)16(25)21-7-5-8-22-17(20)23-9-11-24(12-10-23)18(26)28-19(2,3)4/h6,13H,5,7-12H2,1-4H3,(H2,20,22)(H,21,25). The second kappa shape index (κ2) is 9.48. The summed E-state index contributed by atoms with van der Waals surface area (Å²) in [6.45, 7) is 10.7. The Hall–Kier alpha value is -2.71. The molecule has 28 heavy (non-hydrogen) atoms. The number of nitrogens with two attached hydrogens (primary N) is 1. The fourth-order valence-electron chi connectivity index (χ4n) is 2.70. The molecular formula is C19H31N5O4. The first-order chi connectivity index (χ1) is 13.2. The number of furan rings is 1. The van der Waals surface area contributed by atoms with Crippen LogP contribution in [0.25, 0.3) is 0 Å². The maximum absolute atomic E-state index is 12.1. The van der Waals surface area contributed by atoms with Crippen LogP contribution in [0.1, 0.15) is 43.3 Å². The molecule has 0 radical (unpaired) electrons. The number of guanidine groups is 1. The van der Waals surface area contributed by atoms with Crippen LogP contribution in [0.15, 0.2) is 21.7 Å². The summed E-state index contributed by atoms with van der Waals surface area (Å²) in [5.41, 5.74) is 6.36. The average Bonchev–Trinajstić information content (AvgIpc) is 3.06. The van der Waals surface area contributed by atoms with E-state index in [9.17, 15) is 9.59 Å². The number of aliphatic imine (C=N–C) groups is 1.